The molecule has 1 amide bonds. The van der Waals surface area contributed by atoms with Gasteiger partial charge in [-0.3, -0.25) is 0 Å². The van der Waals surface area contributed by atoms with Crippen molar-refractivity contribution in [3.63, 3.8) is 0 Å². The predicted octanol–water partition coefficient (Wildman–Crippen LogP) is 3.00. The lowest BCUT2D eigenvalue weighted by Gasteiger charge is -2.35. The fourth-order valence-corrected chi connectivity index (χ4v) is 7.47. The molecule has 2 N–H and O–H groups in total. The van der Waals surface area contributed by atoms with Crippen molar-refractivity contribution in [1.29, 1.82) is 0 Å². The van der Waals surface area contributed by atoms with E-state index in [2.05, 4.69) is 10.5 Å². The molecular weight excluding hydrogens is 576 g/mol. The highest BCUT2D eigenvalue weighted by Crippen LogP contribution is 2.33. The van der Waals surface area contributed by atoms with Crippen LogP contribution < -0.4 is 10.2 Å². The van der Waals surface area contributed by atoms with E-state index in [1.165, 1.54) is 10.4 Å². The van der Waals surface area contributed by atoms with Crippen LogP contribution in [0.1, 0.15) is 25.8 Å². The predicted molar refractivity (Wildman–Crippen MR) is 159 cm³/mol. The van der Waals surface area contributed by atoms with Gasteiger partial charge in [0.05, 0.1) is 41.6 Å². The van der Waals surface area contributed by atoms with Gasteiger partial charge in [-0.2, -0.15) is 4.31 Å². The van der Waals surface area contributed by atoms with E-state index in [-0.39, 0.29) is 49.1 Å². The van der Waals surface area contributed by atoms with E-state index in [0.717, 1.165) is 12.0 Å². The number of rotatable bonds is 12. The average Bonchev–Trinajstić information content (AvgIpc) is 3.71. The molecular formula is C30H40N4O8S. The van der Waals surface area contributed by atoms with Crippen LogP contribution in [0.5, 0.6) is 0 Å². The van der Waals surface area contributed by atoms with E-state index >= 15 is 0 Å². The van der Waals surface area contributed by atoms with Gasteiger partial charge in [-0.05, 0) is 42.5 Å². The molecule has 0 radical (unpaired) electrons. The summed E-state index contributed by atoms with van der Waals surface area (Å²) in [4.78, 5) is 14.5. The van der Waals surface area contributed by atoms with E-state index in [0.29, 0.717) is 23.4 Å². The molecule has 2 saturated heterocycles. The molecule has 0 bridgehead atoms. The SMILES string of the molecule is CC(C)CN(C(Cc1ccccc1)C(O)CNC(=O)OC1COC2OCCC12)S(=O)(=O)c1ccc2onc(N(C)C)c2c1. The molecule has 2 aromatic carbocycles. The zero-order valence-corrected chi connectivity index (χ0v) is 25.7. The van der Waals surface area contributed by atoms with Crippen molar-refractivity contribution < 1.29 is 37.1 Å². The van der Waals surface area contributed by atoms with Gasteiger partial charge in [-0.25, -0.2) is 13.2 Å². The van der Waals surface area contributed by atoms with Crippen molar-refractivity contribution in [1.82, 2.24) is 14.8 Å². The Morgan fingerprint density at radius 2 is 1.93 bits per heavy atom. The molecule has 5 atom stereocenters. The van der Waals surface area contributed by atoms with Gasteiger partial charge in [-0.1, -0.05) is 49.3 Å². The first-order chi connectivity index (χ1) is 20.5. The molecule has 0 saturated carbocycles. The molecule has 3 heterocycles. The number of aromatic nitrogens is 1. The Morgan fingerprint density at radius 1 is 1.16 bits per heavy atom. The molecule has 5 unspecified atom stereocenters. The Balaban J connectivity index is 1.40. The number of hydrogen-bond donors (Lipinski definition) is 2. The Morgan fingerprint density at radius 3 is 2.65 bits per heavy atom. The molecule has 1 aromatic heterocycles. The first-order valence-electron chi connectivity index (χ1n) is 14.5. The zero-order chi connectivity index (χ0) is 30.7. The van der Waals surface area contributed by atoms with Gasteiger partial charge < -0.3 is 34.1 Å². The van der Waals surface area contributed by atoms with Gasteiger partial charge >= 0.3 is 6.09 Å². The number of hydrogen-bond acceptors (Lipinski definition) is 10. The topological polar surface area (TPSA) is 144 Å². The Kier molecular flexibility index (Phi) is 9.57. The van der Waals surface area contributed by atoms with Crippen molar-refractivity contribution in [3.8, 4) is 0 Å². The zero-order valence-electron chi connectivity index (χ0n) is 24.9. The van der Waals surface area contributed by atoms with Gasteiger partial charge in [0.2, 0.25) is 10.0 Å². The standard InChI is InChI=1S/C30H40N4O8S/c1-19(2)17-34(43(37,38)21-10-11-26-23(15-21)28(32-42-26)33(3)4)24(14-20-8-6-5-7-9-20)25(35)16-31-30(36)41-27-18-40-29-22(27)12-13-39-29/h5-11,15,19,22,24-25,27,29,35H,12-14,16-18H2,1-4H3,(H,31,36). The second-order valence-electron chi connectivity index (χ2n) is 11.7. The summed E-state index contributed by atoms with van der Waals surface area (Å²) in [6.07, 6.45) is -1.79. The summed E-state index contributed by atoms with van der Waals surface area (Å²) in [5.41, 5.74) is 1.31. The monoisotopic (exact) mass is 616 g/mol. The summed E-state index contributed by atoms with van der Waals surface area (Å²) >= 11 is 0. The number of alkyl carbamates (subject to hydrolysis) is 1. The van der Waals surface area contributed by atoms with Crippen molar-refractivity contribution in [2.24, 2.45) is 11.8 Å². The molecule has 43 heavy (non-hydrogen) atoms. The number of nitrogens with zero attached hydrogens (tertiary/aromatic N) is 3. The maximum absolute atomic E-state index is 14.3. The summed E-state index contributed by atoms with van der Waals surface area (Å²) in [5, 5.41) is 18.8. The lowest BCUT2D eigenvalue weighted by atomic mass is 10.0. The number of benzene rings is 2. The van der Waals surface area contributed by atoms with Crippen LogP contribution in [-0.4, -0.2) is 94.0 Å². The second-order valence-corrected chi connectivity index (χ2v) is 13.6. The molecule has 0 aliphatic carbocycles. The number of fused-ring (bicyclic) bond motifs is 2. The molecule has 13 heteroatoms. The summed E-state index contributed by atoms with van der Waals surface area (Å²) in [5.74, 6) is 0.428. The molecule has 2 aliphatic rings. The second kappa shape index (κ2) is 13.2. The minimum Gasteiger partial charge on any atom is -0.443 e. The Labute approximate surface area is 251 Å². The average molecular weight is 617 g/mol. The van der Waals surface area contributed by atoms with Crippen LogP contribution in [0.3, 0.4) is 0 Å². The van der Waals surface area contributed by atoms with Gasteiger partial charge in [0, 0.05) is 27.2 Å². The summed E-state index contributed by atoms with van der Waals surface area (Å²) in [7, 11) is -0.530. The van der Waals surface area contributed by atoms with Gasteiger partial charge in [0.15, 0.2) is 17.7 Å². The van der Waals surface area contributed by atoms with Crippen LogP contribution in [0.15, 0.2) is 57.9 Å². The highest BCUT2D eigenvalue weighted by Gasteiger charge is 2.44. The summed E-state index contributed by atoms with van der Waals surface area (Å²) < 4.78 is 52.0. The lowest BCUT2D eigenvalue weighted by Crippen LogP contribution is -2.53. The lowest BCUT2D eigenvalue weighted by molar-refractivity contribution is -0.0907. The smallest absolute Gasteiger partial charge is 0.407 e. The number of nitrogens with one attached hydrogen (secondary N) is 1. The summed E-state index contributed by atoms with van der Waals surface area (Å²) in [6.45, 7) is 4.56. The molecule has 0 spiro atoms. The minimum absolute atomic E-state index is 0.0241. The normalized spacial score (nSPS) is 21.7. The van der Waals surface area contributed by atoms with Gasteiger partial charge in [-0.15, -0.1) is 0 Å². The van der Waals surface area contributed by atoms with Crippen molar-refractivity contribution in [2.75, 3.05) is 45.3 Å². The number of carbonyl (C=O) groups is 1. The van der Waals surface area contributed by atoms with Crippen LogP contribution >= 0.6 is 0 Å². The van der Waals surface area contributed by atoms with Crippen molar-refractivity contribution in [2.45, 2.75) is 56.1 Å². The largest absolute Gasteiger partial charge is 0.443 e. The third-order valence-electron chi connectivity index (χ3n) is 7.80. The molecule has 2 fully saturated rings. The van der Waals surface area contributed by atoms with E-state index in [1.54, 1.807) is 31.1 Å². The number of ether oxygens (including phenoxy) is 3. The van der Waals surface area contributed by atoms with Crippen molar-refractivity contribution >= 4 is 32.9 Å². The molecule has 5 rings (SSSR count). The van der Waals surface area contributed by atoms with E-state index in [4.69, 9.17) is 18.7 Å². The fraction of sp³-hybridized carbons (Fsp3) is 0.533. The number of aliphatic hydroxyl groups excluding tert-OH is 1. The Hall–Kier alpha value is -3.23. The molecule has 12 nitrogen and oxygen atoms in total. The number of carbonyl (C=O) groups excluding carboxylic acids is 1. The van der Waals surface area contributed by atoms with Crippen molar-refractivity contribution in [3.05, 3.63) is 54.1 Å². The maximum Gasteiger partial charge on any atom is 0.407 e. The van der Waals surface area contributed by atoms with Crippen LogP contribution in [-0.2, 0) is 30.7 Å². The third kappa shape index (κ3) is 6.96. The number of sulfonamides is 1. The molecule has 234 valence electrons. The quantitative estimate of drug-likeness (QED) is 0.312. The highest BCUT2D eigenvalue weighted by molar-refractivity contribution is 7.89. The molecule has 2 aliphatic heterocycles. The van der Waals surface area contributed by atoms with Crippen LogP contribution in [0.2, 0.25) is 0 Å². The van der Waals surface area contributed by atoms with E-state index < -0.39 is 34.4 Å². The fourth-order valence-electron chi connectivity index (χ4n) is 5.63. The highest BCUT2D eigenvalue weighted by atomic mass is 32.2. The van der Waals surface area contributed by atoms with E-state index in [9.17, 15) is 18.3 Å². The summed E-state index contributed by atoms with van der Waals surface area (Å²) in [6, 6.07) is 13.1. The van der Waals surface area contributed by atoms with Gasteiger partial charge in [0.1, 0.15) is 6.10 Å². The maximum atomic E-state index is 14.3. The van der Waals surface area contributed by atoms with E-state index in [1.807, 2.05) is 44.2 Å². The number of anilines is 1. The first kappa shape index (κ1) is 31.2. The van der Waals surface area contributed by atoms with Gasteiger partial charge in [0.25, 0.3) is 0 Å². The number of amides is 1. The Bertz CT molecular complexity index is 1500. The van der Waals surface area contributed by atoms with Crippen LogP contribution in [0, 0.1) is 11.8 Å². The minimum atomic E-state index is -4.13. The van der Waals surface area contributed by atoms with Crippen LogP contribution in [0.25, 0.3) is 11.0 Å². The third-order valence-corrected chi connectivity index (χ3v) is 9.69. The number of aliphatic hydroxyl groups is 1. The molecule has 3 aromatic rings. The first-order valence-corrected chi connectivity index (χ1v) is 16.0. The van der Waals surface area contributed by atoms with Crippen LogP contribution in [0.4, 0.5) is 10.6 Å².